The van der Waals surface area contributed by atoms with E-state index in [-0.39, 0.29) is 11.8 Å². The van der Waals surface area contributed by atoms with Gasteiger partial charge in [0.05, 0.1) is 0 Å². The molecule has 1 aromatic carbocycles. The number of carbonyl (C=O) groups excluding carboxylic acids is 1. The Kier molecular flexibility index (Phi) is 3.25. The van der Waals surface area contributed by atoms with Crippen molar-refractivity contribution < 1.29 is 4.79 Å². The molecule has 3 rings (SSSR count). The maximum atomic E-state index is 11.9. The Morgan fingerprint density at radius 1 is 1.45 bits per heavy atom. The highest BCUT2D eigenvalue weighted by atomic mass is 32.1. The van der Waals surface area contributed by atoms with Crippen molar-refractivity contribution in [1.29, 1.82) is 0 Å². The summed E-state index contributed by atoms with van der Waals surface area (Å²) in [6, 6.07) is 8.07. The molecule has 1 aromatic heterocycles. The Labute approximate surface area is 121 Å². The lowest BCUT2D eigenvalue weighted by Gasteiger charge is -2.09. The molecule has 1 aliphatic heterocycles. The SMILES string of the molecule is C#CC1CC(=O)N(c2nnc(-c3cccc(C)c3)s2)C1. The number of aromatic nitrogens is 2. The predicted molar refractivity (Wildman–Crippen MR) is 79.4 cm³/mol. The van der Waals surface area contributed by atoms with Crippen LogP contribution in [0.4, 0.5) is 5.13 Å². The van der Waals surface area contributed by atoms with Crippen molar-refractivity contribution in [2.45, 2.75) is 13.3 Å². The van der Waals surface area contributed by atoms with E-state index in [9.17, 15) is 4.79 Å². The van der Waals surface area contributed by atoms with Gasteiger partial charge in [0.2, 0.25) is 11.0 Å². The van der Waals surface area contributed by atoms with E-state index in [0.29, 0.717) is 18.1 Å². The molecule has 1 saturated heterocycles. The Morgan fingerprint density at radius 2 is 2.30 bits per heavy atom. The van der Waals surface area contributed by atoms with Gasteiger partial charge in [-0.1, -0.05) is 35.1 Å². The fourth-order valence-corrected chi connectivity index (χ4v) is 3.09. The summed E-state index contributed by atoms with van der Waals surface area (Å²) in [4.78, 5) is 13.6. The molecule has 1 unspecified atom stereocenters. The van der Waals surface area contributed by atoms with E-state index in [4.69, 9.17) is 6.42 Å². The Bertz CT molecular complexity index is 701. The minimum absolute atomic E-state index is 0.0196. The number of rotatable bonds is 2. The molecule has 0 saturated carbocycles. The minimum Gasteiger partial charge on any atom is -0.285 e. The van der Waals surface area contributed by atoms with Gasteiger partial charge in [0.15, 0.2) is 0 Å². The molecule has 0 bridgehead atoms. The van der Waals surface area contributed by atoms with Crippen LogP contribution < -0.4 is 4.90 Å². The van der Waals surface area contributed by atoms with E-state index in [2.05, 4.69) is 22.2 Å². The zero-order valence-corrected chi connectivity index (χ0v) is 11.9. The third-order valence-electron chi connectivity index (χ3n) is 3.27. The average molecular weight is 283 g/mol. The Balaban J connectivity index is 1.88. The number of anilines is 1. The maximum absolute atomic E-state index is 11.9. The van der Waals surface area contributed by atoms with E-state index >= 15 is 0 Å². The second kappa shape index (κ2) is 5.06. The van der Waals surface area contributed by atoms with Crippen molar-refractivity contribution in [3.05, 3.63) is 29.8 Å². The van der Waals surface area contributed by atoms with Crippen LogP contribution in [0.2, 0.25) is 0 Å². The van der Waals surface area contributed by atoms with Crippen molar-refractivity contribution in [1.82, 2.24) is 10.2 Å². The molecule has 100 valence electrons. The lowest BCUT2D eigenvalue weighted by molar-refractivity contribution is -0.117. The Hall–Kier alpha value is -2.19. The number of terminal acetylenes is 1. The molecule has 1 fully saturated rings. The lowest BCUT2D eigenvalue weighted by atomic mass is 10.1. The van der Waals surface area contributed by atoms with Gasteiger partial charge in [0.1, 0.15) is 5.01 Å². The van der Waals surface area contributed by atoms with Gasteiger partial charge in [-0.3, -0.25) is 9.69 Å². The monoisotopic (exact) mass is 283 g/mol. The average Bonchev–Trinajstić information content (AvgIpc) is 3.05. The standard InChI is InChI=1S/C15H13N3OS/c1-3-11-8-13(19)18(9-11)15-17-16-14(20-15)12-6-4-5-10(2)7-12/h1,4-7,11H,8-9H2,2H3. The summed E-state index contributed by atoms with van der Waals surface area (Å²) in [6.07, 6.45) is 5.79. The predicted octanol–water partition coefficient (Wildman–Crippen LogP) is 2.50. The van der Waals surface area contributed by atoms with Crippen molar-refractivity contribution in [3.8, 4) is 22.9 Å². The highest BCUT2D eigenvalue weighted by Crippen LogP contribution is 2.32. The first-order chi connectivity index (χ1) is 9.67. The van der Waals surface area contributed by atoms with E-state index in [0.717, 1.165) is 10.6 Å². The van der Waals surface area contributed by atoms with Crippen LogP contribution in [0.5, 0.6) is 0 Å². The Morgan fingerprint density at radius 3 is 3.00 bits per heavy atom. The van der Waals surface area contributed by atoms with Gasteiger partial charge in [-0.2, -0.15) is 0 Å². The number of benzene rings is 1. The first-order valence-electron chi connectivity index (χ1n) is 6.34. The zero-order valence-electron chi connectivity index (χ0n) is 11.0. The first-order valence-corrected chi connectivity index (χ1v) is 7.16. The molecule has 2 aromatic rings. The molecule has 0 aliphatic carbocycles. The number of aryl methyl sites for hydroxylation is 1. The second-order valence-electron chi connectivity index (χ2n) is 4.83. The third-order valence-corrected chi connectivity index (χ3v) is 4.27. The number of hydrogen-bond acceptors (Lipinski definition) is 4. The molecule has 2 heterocycles. The maximum Gasteiger partial charge on any atom is 0.230 e. The molecular formula is C15H13N3OS. The molecule has 1 aliphatic rings. The number of hydrogen-bond donors (Lipinski definition) is 0. The summed E-state index contributed by atoms with van der Waals surface area (Å²) in [5, 5.41) is 9.76. The topological polar surface area (TPSA) is 46.1 Å². The molecule has 4 nitrogen and oxygen atoms in total. The van der Waals surface area contributed by atoms with Crippen LogP contribution in [0, 0.1) is 25.2 Å². The summed E-state index contributed by atoms with van der Waals surface area (Å²) < 4.78 is 0. The van der Waals surface area contributed by atoms with Crippen molar-refractivity contribution in [2.75, 3.05) is 11.4 Å². The van der Waals surface area contributed by atoms with Crippen molar-refractivity contribution >= 4 is 22.4 Å². The van der Waals surface area contributed by atoms with Gasteiger partial charge in [-0.25, -0.2) is 0 Å². The molecular weight excluding hydrogens is 270 g/mol. The highest BCUT2D eigenvalue weighted by Gasteiger charge is 2.31. The van der Waals surface area contributed by atoms with Crippen LogP contribution >= 0.6 is 11.3 Å². The van der Waals surface area contributed by atoms with E-state index in [1.165, 1.54) is 16.9 Å². The first kappa shape index (κ1) is 12.8. The van der Waals surface area contributed by atoms with Gasteiger partial charge in [-0.15, -0.1) is 22.5 Å². The molecule has 0 spiro atoms. The summed E-state index contributed by atoms with van der Waals surface area (Å²) in [7, 11) is 0. The molecule has 0 N–H and O–H groups in total. The highest BCUT2D eigenvalue weighted by molar-refractivity contribution is 7.18. The number of carbonyl (C=O) groups is 1. The second-order valence-corrected chi connectivity index (χ2v) is 5.79. The van der Waals surface area contributed by atoms with Crippen LogP contribution in [-0.2, 0) is 4.79 Å². The summed E-state index contributed by atoms with van der Waals surface area (Å²) in [6.45, 7) is 2.57. The summed E-state index contributed by atoms with van der Waals surface area (Å²) in [5.41, 5.74) is 2.19. The summed E-state index contributed by atoms with van der Waals surface area (Å²) >= 11 is 1.42. The zero-order chi connectivity index (χ0) is 14.1. The fourth-order valence-electron chi connectivity index (χ4n) is 2.22. The van der Waals surface area contributed by atoms with E-state index in [1.54, 1.807) is 4.90 Å². The third kappa shape index (κ3) is 2.30. The van der Waals surface area contributed by atoms with Crippen molar-refractivity contribution in [3.63, 3.8) is 0 Å². The van der Waals surface area contributed by atoms with Gasteiger partial charge >= 0.3 is 0 Å². The van der Waals surface area contributed by atoms with Gasteiger partial charge < -0.3 is 0 Å². The molecule has 20 heavy (non-hydrogen) atoms. The molecule has 1 amide bonds. The van der Waals surface area contributed by atoms with Gasteiger partial charge in [0.25, 0.3) is 0 Å². The number of amides is 1. The van der Waals surface area contributed by atoms with Gasteiger partial charge in [-0.05, 0) is 13.0 Å². The van der Waals surface area contributed by atoms with Gasteiger partial charge in [0, 0.05) is 24.4 Å². The molecule has 5 heteroatoms. The van der Waals surface area contributed by atoms with Crippen LogP contribution in [0.3, 0.4) is 0 Å². The number of nitrogens with zero attached hydrogens (tertiary/aromatic N) is 3. The largest absolute Gasteiger partial charge is 0.285 e. The van der Waals surface area contributed by atoms with Crippen LogP contribution in [0.25, 0.3) is 10.6 Å². The van der Waals surface area contributed by atoms with Crippen LogP contribution in [-0.4, -0.2) is 22.6 Å². The molecule has 1 atom stereocenters. The fraction of sp³-hybridized carbons (Fsp3) is 0.267. The normalized spacial score (nSPS) is 18.3. The smallest absolute Gasteiger partial charge is 0.230 e. The van der Waals surface area contributed by atoms with Crippen molar-refractivity contribution in [2.24, 2.45) is 5.92 Å². The summed E-state index contributed by atoms with van der Waals surface area (Å²) in [5.74, 6) is 2.64. The minimum atomic E-state index is -0.0196. The van der Waals surface area contributed by atoms with E-state index < -0.39 is 0 Å². The lowest BCUT2D eigenvalue weighted by Crippen LogP contribution is -2.24. The van der Waals surface area contributed by atoms with Crippen LogP contribution in [0.15, 0.2) is 24.3 Å². The van der Waals surface area contributed by atoms with Crippen LogP contribution in [0.1, 0.15) is 12.0 Å². The van der Waals surface area contributed by atoms with E-state index in [1.807, 2.05) is 25.1 Å². The molecule has 0 radical (unpaired) electrons. The quantitative estimate of drug-likeness (QED) is 0.796.